The number of allylic oxidation sites excluding steroid dienone is 2. The first-order chi connectivity index (χ1) is 4.13. The summed E-state index contributed by atoms with van der Waals surface area (Å²) in [6, 6.07) is 0. The number of aliphatic hydroxyl groups is 1. The lowest BCUT2D eigenvalue weighted by atomic mass is 10.1. The molecule has 0 spiro atoms. The third-order valence-electron chi connectivity index (χ3n) is 1.70. The van der Waals surface area contributed by atoms with Gasteiger partial charge in [-0.05, 0) is 18.9 Å². The van der Waals surface area contributed by atoms with Gasteiger partial charge in [-0.1, -0.05) is 6.92 Å². The van der Waals surface area contributed by atoms with Crippen LogP contribution in [-0.2, 0) is 4.79 Å². The molecule has 0 fully saturated rings. The van der Waals surface area contributed by atoms with Gasteiger partial charge >= 0.3 is 0 Å². The molecule has 1 rings (SSSR count). The Hall–Kier alpha value is -0.790. The maximum atomic E-state index is 10.8. The van der Waals surface area contributed by atoms with Crippen molar-refractivity contribution in [1.82, 2.24) is 0 Å². The molecule has 50 valence electrons. The zero-order valence-electron chi connectivity index (χ0n) is 5.64. The van der Waals surface area contributed by atoms with Crippen LogP contribution in [0.25, 0.3) is 0 Å². The topological polar surface area (TPSA) is 37.3 Å². The van der Waals surface area contributed by atoms with Gasteiger partial charge in [-0.25, -0.2) is 0 Å². The summed E-state index contributed by atoms with van der Waals surface area (Å²) in [7, 11) is 0. The number of hydrogen-bond donors (Lipinski definition) is 1. The second-order valence-corrected chi connectivity index (χ2v) is 2.60. The number of rotatable bonds is 0. The normalized spacial score (nSPS) is 27.8. The monoisotopic (exact) mass is 126 g/mol. The summed E-state index contributed by atoms with van der Waals surface area (Å²) in [6.45, 7) is 3.62. The lowest BCUT2D eigenvalue weighted by molar-refractivity contribution is -0.120. The summed E-state index contributed by atoms with van der Waals surface area (Å²) in [5.41, 5.74) is 0.826. The Bertz CT molecular complexity index is 179. The van der Waals surface area contributed by atoms with Gasteiger partial charge in [0.15, 0.2) is 11.5 Å². The molecule has 0 amide bonds. The van der Waals surface area contributed by atoms with Crippen molar-refractivity contribution in [2.24, 2.45) is 5.92 Å². The van der Waals surface area contributed by atoms with E-state index in [1.54, 1.807) is 6.92 Å². The minimum Gasteiger partial charge on any atom is -0.504 e. The van der Waals surface area contributed by atoms with Gasteiger partial charge in [0.2, 0.25) is 0 Å². The molecule has 0 saturated carbocycles. The average Bonchev–Trinajstić information content (AvgIpc) is 1.98. The fraction of sp³-hybridized carbons (Fsp3) is 0.571. The quantitative estimate of drug-likeness (QED) is 0.533. The molecule has 0 aromatic carbocycles. The van der Waals surface area contributed by atoms with E-state index >= 15 is 0 Å². The molecule has 0 bridgehead atoms. The minimum atomic E-state index is -0.104. The highest BCUT2D eigenvalue weighted by Crippen LogP contribution is 2.25. The zero-order valence-corrected chi connectivity index (χ0v) is 5.64. The Labute approximate surface area is 54.2 Å². The zero-order chi connectivity index (χ0) is 7.02. The molecule has 1 N–H and O–H groups in total. The molecule has 0 aromatic rings. The van der Waals surface area contributed by atoms with Crippen molar-refractivity contribution in [2.45, 2.75) is 20.3 Å². The second kappa shape index (κ2) is 1.87. The Morgan fingerprint density at radius 3 is 2.33 bits per heavy atom. The predicted molar refractivity (Wildman–Crippen MR) is 34.1 cm³/mol. The molecular weight excluding hydrogens is 116 g/mol. The van der Waals surface area contributed by atoms with Crippen molar-refractivity contribution >= 4 is 5.78 Å². The van der Waals surface area contributed by atoms with Crippen LogP contribution in [0.3, 0.4) is 0 Å². The molecule has 0 aliphatic heterocycles. The Morgan fingerprint density at radius 2 is 2.22 bits per heavy atom. The van der Waals surface area contributed by atoms with Crippen molar-refractivity contribution in [3.05, 3.63) is 11.3 Å². The van der Waals surface area contributed by atoms with Crippen LogP contribution in [0, 0.1) is 5.92 Å². The van der Waals surface area contributed by atoms with E-state index in [0.717, 1.165) is 12.0 Å². The summed E-state index contributed by atoms with van der Waals surface area (Å²) < 4.78 is 0. The van der Waals surface area contributed by atoms with E-state index < -0.39 is 0 Å². The number of ketones is 1. The van der Waals surface area contributed by atoms with Gasteiger partial charge in [0.05, 0.1) is 0 Å². The summed E-state index contributed by atoms with van der Waals surface area (Å²) in [4.78, 5) is 10.8. The van der Waals surface area contributed by atoms with Crippen LogP contribution < -0.4 is 0 Å². The molecule has 0 heterocycles. The van der Waals surface area contributed by atoms with Crippen LogP contribution in [-0.4, -0.2) is 10.9 Å². The maximum absolute atomic E-state index is 10.8. The molecule has 0 unspecified atom stereocenters. The Balaban J connectivity index is 2.87. The van der Waals surface area contributed by atoms with E-state index in [2.05, 4.69) is 0 Å². The van der Waals surface area contributed by atoms with Crippen molar-refractivity contribution < 1.29 is 9.90 Å². The van der Waals surface area contributed by atoms with Crippen LogP contribution in [0.4, 0.5) is 0 Å². The molecule has 0 aromatic heterocycles. The number of Topliss-reactive ketones (excluding diaryl/α,β-unsaturated/α-hetero) is 1. The van der Waals surface area contributed by atoms with Gasteiger partial charge in [0.1, 0.15) is 0 Å². The molecule has 1 atom stereocenters. The third kappa shape index (κ3) is 0.846. The minimum absolute atomic E-state index is 0.00463. The highest BCUT2D eigenvalue weighted by Gasteiger charge is 2.26. The number of hydrogen-bond acceptors (Lipinski definition) is 2. The summed E-state index contributed by atoms with van der Waals surface area (Å²) in [6.07, 6.45) is 0.727. The van der Waals surface area contributed by atoms with Gasteiger partial charge in [0.25, 0.3) is 0 Å². The lowest BCUT2D eigenvalue weighted by Crippen LogP contribution is -2.04. The average molecular weight is 126 g/mol. The van der Waals surface area contributed by atoms with E-state index in [9.17, 15) is 4.79 Å². The van der Waals surface area contributed by atoms with Crippen LogP contribution in [0.15, 0.2) is 11.3 Å². The van der Waals surface area contributed by atoms with Gasteiger partial charge in [0, 0.05) is 5.92 Å². The van der Waals surface area contributed by atoms with Crippen molar-refractivity contribution in [3.63, 3.8) is 0 Å². The van der Waals surface area contributed by atoms with Crippen molar-refractivity contribution in [2.75, 3.05) is 0 Å². The first-order valence-electron chi connectivity index (χ1n) is 3.06. The lowest BCUT2D eigenvalue weighted by Gasteiger charge is -1.94. The predicted octanol–water partition coefficient (Wildman–Crippen LogP) is 1.43. The first-order valence-corrected chi connectivity index (χ1v) is 3.06. The van der Waals surface area contributed by atoms with E-state index in [1.165, 1.54) is 0 Å². The Morgan fingerprint density at radius 1 is 1.67 bits per heavy atom. The SMILES string of the molecule is CC1=C(O)C(=O)[C@H](C)C1. The second-order valence-electron chi connectivity index (χ2n) is 2.60. The van der Waals surface area contributed by atoms with Gasteiger partial charge in [-0.3, -0.25) is 4.79 Å². The first kappa shape index (κ1) is 6.33. The van der Waals surface area contributed by atoms with E-state index in [0.29, 0.717) is 0 Å². The maximum Gasteiger partial charge on any atom is 0.200 e. The van der Waals surface area contributed by atoms with Gasteiger partial charge < -0.3 is 5.11 Å². The van der Waals surface area contributed by atoms with Crippen molar-refractivity contribution in [1.29, 1.82) is 0 Å². The van der Waals surface area contributed by atoms with Crippen molar-refractivity contribution in [3.8, 4) is 0 Å². The molecule has 2 heteroatoms. The van der Waals surface area contributed by atoms with Crippen LogP contribution in [0.1, 0.15) is 20.3 Å². The largest absolute Gasteiger partial charge is 0.504 e. The molecule has 1 aliphatic carbocycles. The fourth-order valence-electron chi connectivity index (χ4n) is 1.09. The number of carbonyl (C=O) groups is 1. The van der Waals surface area contributed by atoms with Gasteiger partial charge in [-0.15, -0.1) is 0 Å². The molecule has 1 aliphatic rings. The third-order valence-corrected chi connectivity index (χ3v) is 1.70. The summed E-state index contributed by atoms with van der Waals surface area (Å²) in [5, 5.41) is 8.97. The number of aliphatic hydroxyl groups excluding tert-OH is 1. The van der Waals surface area contributed by atoms with Crippen LogP contribution in [0.5, 0.6) is 0 Å². The molecule has 0 radical (unpaired) electrons. The van der Waals surface area contributed by atoms with Crippen LogP contribution >= 0.6 is 0 Å². The standard InChI is InChI=1S/C7H10O2/c1-4-3-5(2)7(9)6(4)8/h4,9H,3H2,1-2H3/t4-/m1/s1. The molecular formula is C7H10O2. The van der Waals surface area contributed by atoms with Crippen LogP contribution in [0.2, 0.25) is 0 Å². The number of carbonyl (C=O) groups excluding carboxylic acids is 1. The highest BCUT2D eigenvalue weighted by atomic mass is 16.3. The Kier molecular flexibility index (Phi) is 1.31. The smallest absolute Gasteiger partial charge is 0.200 e. The van der Waals surface area contributed by atoms with E-state index in [-0.39, 0.29) is 17.5 Å². The van der Waals surface area contributed by atoms with Gasteiger partial charge in [-0.2, -0.15) is 0 Å². The molecule has 9 heavy (non-hydrogen) atoms. The summed E-state index contributed by atoms with van der Waals surface area (Å²) >= 11 is 0. The molecule has 2 nitrogen and oxygen atoms in total. The van der Waals surface area contributed by atoms with E-state index in [4.69, 9.17) is 5.11 Å². The fourth-order valence-corrected chi connectivity index (χ4v) is 1.09. The highest BCUT2D eigenvalue weighted by molar-refractivity contribution is 5.97. The summed E-state index contributed by atoms with van der Waals surface area (Å²) in [5.74, 6) is -0.111. The molecule has 0 saturated heterocycles. The van der Waals surface area contributed by atoms with E-state index in [1.807, 2.05) is 6.92 Å².